The Morgan fingerprint density at radius 3 is 2.16 bits per heavy atom. The molecule has 0 amide bonds. The number of alkyl halides is 2. The van der Waals surface area contributed by atoms with Gasteiger partial charge in [-0.25, -0.2) is 0 Å². The van der Waals surface area contributed by atoms with E-state index in [4.69, 9.17) is 4.74 Å². The number of hydrogen-bond acceptors (Lipinski definition) is 5. The van der Waals surface area contributed by atoms with Crippen molar-refractivity contribution in [3.63, 3.8) is 0 Å². The van der Waals surface area contributed by atoms with Crippen LogP contribution in [-0.2, 0) is 4.74 Å². The summed E-state index contributed by atoms with van der Waals surface area (Å²) in [6.45, 7) is 7.60. The van der Waals surface area contributed by atoms with Crippen molar-refractivity contribution in [3.8, 4) is 0 Å². The normalized spacial score (nSPS) is 27.4. The molecular formula is C30H38F2O3S2. The second-order valence-electron chi connectivity index (χ2n) is 11.1. The van der Waals surface area contributed by atoms with Crippen LogP contribution in [0, 0.1) is 16.2 Å². The quantitative estimate of drug-likeness (QED) is 0.218. The van der Waals surface area contributed by atoms with Crippen molar-refractivity contribution in [2.75, 3.05) is 11.5 Å². The lowest BCUT2D eigenvalue weighted by Gasteiger charge is -2.33. The van der Waals surface area contributed by atoms with Crippen molar-refractivity contribution in [3.05, 3.63) is 94.8 Å². The van der Waals surface area contributed by atoms with Gasteiger partial charge in [0.15, 0.2) is 0 Å². The molecule has 0 aromatic heterocycles. The van der Waals surface area contributed by atoms with Crippen LogP contribution in [0.5, 0.6) is 0 Å². The van der Waals surface area contributed by atoms with Gasteiger partial charge >= 0.3 is 6.11 Å². The van der Waals surface area contributed by atoms with Crippen LogP contribution in [0.15, 0.2) is 94.8 Å². The van der Waals surface area contributed by atoms with Crippen molar-refractivity contribution in [1.82, 2.24) is 0 Å². The zero-order chi connectivity index (χ0) is 27.5. The first-order valence-corrected chi connectivity index (χ1v) is 13.9. The maximum absolute atomic E-state index is 15.8. The molecule has 0 aromatic rings. The predicted molar refractivity (Wildman–Crippen MR) is 154 cm³/mol. The van der Waals surface area contributed by atoms with Crippen LogP contribution in [0.1, 0.15) is 53.4 Å². The third-order valence-corrected chi connectivity index (χ3v) is 7.49. The minimum Gasteiger partial charge on any atom is -0.508 e. The van der Waals surface area contributed by atoms with Crippen LogP contribution in [0.25, 0.3) is 0 Å². The standard InChI is InChI=1S/C30H38F2O3S2/c1-27(2)17-23(33)9-10-25(19-27)35-30(31,32)22-8-7-21-15-24(34)18-28(3,11-5-13-36)20-26(21)29(4,16-22)12-6-14-37/h7-10,15-20,33-34,36-37H,5-6,11-14H2,1-4H3. The number of allylic oxidation sites excluding steroid dienone is 11. The fraction of sp³-hybridized carbons (Fsp3) is 0.467. The SMILES string of the molecule is CC1(C)C=C(O)C=CC(OC(F)(F)C2=CC(C)(CCCS)C3=CC(C)(CCCS)C=C(O)C=C3C=C2)=C1. The summed E-state index contributed by atoms with van der Waals surface area (Å²) >= 11 is 8.72. The molecule has 0 aliphatic heterocycles. The van der Waals surface area contributed by atoms with E-state index in [1.165, 1.54) is 18.2 Å². The van der Waals surface area contributed by atoms with Crippen LogP contribution in [0.3, 0.4) is 0 Å². The van der Waals surface area contributed by atoms with Crippen molar-refractivity contribution in [2.24, 2.45) is 16.2 Å². The fourth-order valence-electron chi connectivity index (χ4n) is 5.11. The van der Waals surface area contributed by atoms with Gasteiger partial charge in [0.1, 0.15) is 17.3 Å². The third kappa shape index (κ3) is 7.47. The van der Waals surface area contributed by atoms with E-state index < -0.39 is 22.4 Å². The van der Waals surface area contributed by atoms with E-state index >= 15 is 8.78 Å². The minimum absolute atomic E-state index is 0.0103. The van der Waals surface area contributed by atoms with E-state index in [0.29, 0.717) is 23.5 Å². The van der Waals surface area contributed by atoms with Crippen LogP contribution in [-0.4, -0.2) is 27.8 Å². The lowest BCUT2D eigenvalue weighted by atomic mass is 9.71. The highest BCUT2D eigenvalue weighted by Gasteiger charge is 2.42. The summed E-state index contributed by atoms with van der Waals surface area (Å²) < 4.78 is 36.8. The molecule has 0 saturated heterocycles. The molecule has 2 unspecified atom stereocenters. The minimum atomic E-state index is -3.64. The molecule has 2 atom stereocenters. The molecule has 3 aliphatic rings. The summed E-state index contributed by atoms with van der Waals surface area (Å²) in [6.07, 6.45) is 15.3. The maximum atomic E-state index is 15.8. The summed E-state index contributed by atoms with van der Waals surface area (Å²) in [5.74, 6) is 1.41. The molecule has 3 nitrogen and oxygen atoms in total. The van der Waals surface area contributed by atoms with E-state index in [1.807, 2.05) is 19.9 Å². The van der Waals surface area contributed by atoms with Crippen LogP contribution < -0.4 is 0 Å². The molecule has 0 fully saturated rings. The number of fused-ring (bicyclic) bond motifs is 1. The summed E-state index contributed by atoms with van der Waals surface area (Å²) in [5, 5.41) is 20.7. The number of aliphatic hydroxyl groups is 2. The van der Waals surface area contributed by atoms with Crippen molar-refractivity contribution in [1.29, 1.82) is 0 Å². The molecule has 3 rings (SSSR count). The van der Waals surface area contributed by atoms with Gasteiger partial charge in [0.2, 0.25) is 0 Å². The smallest absolute Gasteiger partial charge is 0.426 e. The molecule has 3 aliphatic carbocycles. The molecular weight excluding hydrogens is 510 g/mol. The van der Waals surface area contributed by atoms with Crippen molar-refractivity contribution < 1.29 is 23.7 Å². The zero-order valence-electron chi connectivity index (χ0n) is 22.0. The van der Waals surface area contributed by atoms with Crippen LogP contribution in [0.2, 0.25) is 0 Å². The lowest BCUT2D eigenvalue weighted by Crippen LogP contribution is -2.26. The highest BCUT2D eigenvalue weighted by molar-refractivity contribution is 7.80. The van der Waals surface area contributed by atoms with Gasteiger partial charge in [0, 0.05) is 16.2 Å². The monoisotopic (exact) mass is 548 g/mol. The van der Waals surface area contributed by atoms with E-state index in [2.05, 4.69) is 31.3 Å². The average molecular weight is 549 g/mol. The molecule has 7 heteroatoms. The van der Waals surface area contributed by atoms with Gasteiger partial charge in [0.25, 0.3) is 0 Å². The van der Waals surface area contributed by atoms with Gasteiger partial charge in [-0.15, -0.1) is 0 Å². The first-order valence-electron chi connectivity index (χ1n) is 12.6. The summed E-state index contributed by atoms with van der Waals surface area (Å²) in [4.78, 5) is 0. The molecule has 0 radical (unpaired) electrons. The second kappa shape index (κ2) is 11.3. The second-order valence-corrected chi connectivity index (χ2v) is 12.0. The Morgan fingerprint density at radius 1 is 0.811 bits per heavy atom. The van der Waals surface area contributed by atoms with E-state index in [1.54, 1.807) is 44.2 Å². The summed E-state index contributed by atoms with van der Waals surface area (Å²) in [6, 6.07) is 0. The van der Waals surface area contributed by atoms with Gasteiger partial charge in [0.05, 0.1) is 5.57 Å². The number of hydrogen-bond donors (Lipinski definition) is 4. The highest BCUT2D eigenvalue weighted by atomic mass is 32.1. The van der Waals surface area contributed by atoms with Crippen LogP contribution in [0.4, 0.5) is 8.78 Å². The summed E-state index contributed by atoms with van der Waals surface area (Å²) in [5.41, 5.74) is -0.563. The number of rotatable bonds is 9. The zero-order valence-corrected chi connectivity index (χ0v) is 23.8. The van der Waals surface area contributed by atoms with Gasteiger partial charge in [-0.2, -0.15) is 34.0 Å². The Kier molecular flexibility index (Phi) is 9.01. The Morgan fingerprint density at radius 2 is 1.49 bits per heavy atom. The maximum Gasteiger partial charge on any atom is 0.426 e. The fourth-order valence-corrected chi connectivity index (χ4v) is 5.43. The number of aliphatic hydroxyl groups excluding tert-OH is 2. The molecule has 2 N–H and O–H groups in total. The molecule has 0 saturated carbocycles. The Bertz CT molecular complexity index is 1140. The van der Waals surface area contributed by atoms with Gasteiger partial charge in [-0.05, 0) is 90.9 Å². The first-order chi connectivity index (χ1) is 17.2. The molecule has 37 heavy (non-hydrogen) atoms. The lowest BCUT2D eigenvalue weighted by molar-refractivity contribution is -0.177. The molecule has 0 spiro atoms. The van der Waals surface area contributed by atoms with E-state index in [0.717, 1.165) is 24.8 Å². The highest BCUT2D eigenvalue weighted by Crippen LogP contribution is 2.48. The number of halogens is 2. The van der Waals surface area contributed by atoms with Gasteiger partial charge in [-0.3, -0.25) is 0 Å². The first kappa shape index (κ1) is 29.4. The Balaban J connectivity index is 2.09. The Labute approximate surface area is 230 Å². The number of thiol groups is 2. The number of ether oxygens (including phenoxy) is 1. The van der Waals surface area contributed by atoms with Crippen molar-refractivity contribution in [2.45, 2.75) is 59.5 Å². The molecule has 202 valence electrons. The third-order valence-electron chi connectivity index (χ3n) is 6.86. The van der Waals surface area contributed by atoms with E-state index in [9.17, 15) is 10.2 Å². The average Bonchev–Trinajstić information content (AvgIpc) is 3.07. The van der Waals surface area contributed by atoms with Crippen LogP contribution >= 0.6 is 25.3 Å². The Hall–Kier alpha value is -2.12. The predicted octanol–water partition coefficient (Wildman–Crippen LogP) is 8.75. The molecule has 0 aromatic carbocycles. The topological polar surface area (TPSA) is 49.7 Å². The summed E-state index contributed by atoms with van der Waals surface area (Å²) in [7, 11) is 0. The largest absolute Gasteiger partial charge is 0.508 e. The molecule has 0 bridgehead atoms. The molecule has 0 heterocycles. The van der Waals surface area contributed by atoms with Gasteiger partial charge in [-0.1, -0.05) is 45.9 Å². The van der Waals surface area contributed by atoms with Gasteiger partial charge < -0.3 is 14.9 Å². The van der Waals surface area contributed by atoms with E-state index in [-0.39, 0.29) is 22.9 Å². The van der Waals surface area contributed by atoms with Crippen molar-refractivity contribution >= 4 is 25.3 Å².